The van der Waals surface area contributed by atoms with Crippen molar-refractivity contribution in [3.8, 4) is 11.5 Å². The predicted molar refractivity (Wildman–Crippen MR) is 122 cm³/mol. The number of aromatic nitrogens is 1. The fraction of sp³-hybridized carbons (Fsp3) is 0.182. The van der Waals surface area contributed by atoms with Gasteiger partial charge in [0.15, 0.2) is 26.1 Å². The number of hydrogen-bond acceptors (Lipinski definition) is 6. The smallest absolute Gasteiger partial charge is 0.272 e. The van der Waals surface area contributed by atoms with Crippen molar-refractivity contribution < 1.29 is 22.7 Å². The molecule has 0 aliphatic rings. The fourth-order valence-corrected chi connectivity index (χ4v) is 4.74. The molecule has 2 aromatic carbocycles. The lowest BCUT2D eigenvalue weighted by Crippen LogP contribution is -2.15. The first-order valence-corrected chi connectivity index (χ1v) is 11.9. The summed E-state index contributed by atoms with van der Waals surface area (Å²) in [6.45, 7) is 4.19. The lowest BCUT2D eigenvalue weighted by atomic mass is 10.2. The largest absolute Gasteiger partial charge is 0.493 e. The number of thiazole rings is 1. The van der Waals surface area contributed by atoms with Crippen molar-refractivity contribution in [3.05, 3.63) is 65.5 Å². The van der Waals surface area contributed by atoms with Crippen LogP contribution in [0, 0.1) is 0 Å². The summed E-state index contributed by atoms with van der Waals surface area (Å²) < 4.78 is 36.7. The fourth-order valence-electron chi connectivity index (χ4n) is 2.93. The number of amides is 1. The number of ether oxygens (including phenoxy) is 2. The zero-order chi connectivity index (χ0) is 22.6. The summed E-state index contributed by atoms with van der Waals surface area (Å²) in [7, 11) is -0.238. The van der Waals surface area contributed by atoms with Crippen molar-refractivity contribution in [2.24, 2.45) is 4.99 Å². The number of benzene rings is 2. The van der Waals surface area contributed by atoms with Crippen molar-refractivity contribution >= 4 is 43.4 Å². The van der Waals surface area contributed by atoms with Gasteiger partial charge in [-0.1, -0.05) is 23.5 Å². The Kier molecular flexibility index (Phi) is 6.77. The van der Waals surface area contributed by atoms with Gasteiger partial charge in [0, 0.05) is 18.9 Å². The Hall–Kier alpha value is -3.17. The van der Waals surface area contributed by atoms with Crippen LogP contribution in [0.15, 0.2) is 65.0 Å². The van der Waals surface area contributed by atoms with Gasteiger partial charge >= 0.3 is 0 Å². The number of carbonyl (C=O) groups excluding carboxylic acids is 1. The molecule has 7 nitrogen and oxygen atoms in total. The van der Waals surface area contributed by atoms with Crippen molar-refractivity contribution in [1.82, 2.24) is 4.57 Å². The number of methoxy groups -OCH3 is 2. The number of allylic oxidation sites excluding steroid dienone is 1. The van der Waals surface area contributed by atoms with E-state index < -0.39 is 15.7 Å². The molecule has 9 heteroatoms. The van der Waals surface area contributed by atoms with E-state index in [0.717, 1.165) is 22.0 Å². The molecule has 0 saturated heterocycles. The molecule has 31 heavy (non-hydrogen) atoms. The van der Waals surface area contributed by atoms with Crippen LogP contribution in [0.3, 0.4) is 0 Å². The maximum absolute atomic E-state index is 12.5. The molecule has 0 N–H and O–H groups in total. The highest BCUT2D eigenvalue weighted by Crippen LogP contribution is 2.28. The Bertz CT molecular complexity index is 1350. The van der Waals surface area contributed by atoms with Crippen LogP contribution in [0.4, 0.5) is 0 Å². The van der Waals surface area contributed by atoms with Crippen LogP contribution in [0.5, 0.6) is 11.5 Å². The van der Waals surface area contributed by atoms with Crippen LogP contribution >= 0.6 is 11.3 Å². The lowest BCUT2D eigenvalue weighted by molar-refractivity contribution is -0.113. The third kappa shape index (κ3) is 5.12. The molecular weight excluding hydrogens is 436 g/mol. The molecule has 1 heterocycles. The summed E-state index contributed by atoms with van der Waals surface area (Å²) in [5.74, 6) is 0.714. The number of sulfone groups is 1. The number of nitrogens with zero attached hydrogens (tertiary/aromatic N) is 2. The number of rotatable bonds is 7. The minimum atomic E-state index is -3.33. The molecule has 0 fully saturated rings. The minimum absolute atomic E-state index is 0.221. The molecule has 3 rings (SSSR count). The Balaban J connectivity index is 1.98. The molecule has 3 aromatic rings. The van der Waals surface area contributed by atoms with Crippen molar-refractivity contribution in [1.29, 1.82) is 0 Å². The molecule has 0 radical (unpaired) electrons. The topological polar surface area (TPSA) is 87.0 Å². The Morgan fingerprint density at radius 3 is 2.55 bits per heavy atom. The Morgan fingerprint density at radius 2 is 1.90 bits per heavy atom. The maximum atomic E-state index is 12.5. The molecule has 162 valence electrons. The van der Waals surface area contributed by atoms with Gasteiger partial charge in [-0.3, -0.25) is 4.79 Å². The van der Waals surface area contributed by atoms with Crippen LogP contribution in [0.25, 0.3) is 16.3 Å². The summed E-state index contributed by atoms with van der Waals surface area (Å²) in [5.41, 5.74) is 1.54. The minimum Gasteiger partial charge on any atom is -0.493 e. The van der Waals surface area contributed by atoms with E-state index in [2.05, 4.69) is 11.6 Å². The summed E-state index contributed by atoms with van der Waals surface area (Å²) in [6.07, 6.45) is 5.86. The summed E-state index contributed by atoms with van der Waals surface area (Å²) in [6, 6.07) is 10.2. The normalized spacial score (nSPS) is 12.4. The Morgan fingerprint density at radius 1 is 1.16 bits per heavy atom. The van der Waals surface area contributed by atoms with E-state index in [1.807, 2.05) is 4.57 Å². The van der Waals surface area contributed by atoms with Gasteiger partial charge in [0.25, 0.3) is 5.91 Å². The average Bonchev–Trinajstić information content (AvgIpc) is 3.07. The summed E-state index contributed by atoms with van der Waals surface area (Å²) in [5, 5.41) is 0. The first kappa shape index (κ1) is 22.5. The zero-order valence-electron chi connectivity index (χ0n) is 17.4. The van der Waals surface area contributed by atoms with Crippen molar-refractivity contribution in [3.63, 3.8) is 0 Å². The monoisotopic (exact) mass is 458 g/mol. The van der Waals surface area contributed by atoms with Crippen LogP contribution in [0.1, 0.15) is 5.56 Å². The van der Waals surface area contributed by atoms with E-state index in [1.54, 1.807) is 62.8 Å². The molecule has 1 amide bonds. The van der Waals surface area contributed by atoms with Crippen LogP contribution in [0.2, 0.25) is 0 Å². The maximum Gasteiger partial charge on any atom is 0.272 e. The van der Waals surface area contributed by atoms with Crippen LogP contribution < -0.4 is 14.3 Å². The molecule has 0 aliphatic heterocycles. The van der Waals surface area contributed by atoms with Crippen LogP contribution in [-0.4, -0.2) is 39.4 Å². The zero-order valence-corrected chi connectivity index (χ0v) is 19.0. The van der Waals surface area contributed by atoms with E-state index in [4.69, 9.17) is 9.47 Å². The highest BCUT2D eigenvalue weighted by Gasteiger charge is 2.12. The van der Waals surface area contributed by atoms with Crippen molar-refractivity contribution in [2.45, 2.75) is 11.4 Å². The molecule has 0 unspecified atom stereocenters. The van der Waals surface area contributed by atoms with E-state index >= 15 is 0 Å². The second-order valence-corrected chi connectivity index (χ2v) is 9.61. The van der Waals surface area contributed by atoms with E-state index in [0.29, 0.717) is 22.8 Å². The van der Waals surface area contributed by atoms with Gasteiger partial charge in [0.05, 0.1) is 29.3 Å². The first-order chi connectivity index (χ1) is 14.8. The SMILES string of the molecule is C=CCn1c(=NC(=O)C=Cc2ccc(OC)c(OC)c2)sc2cc(S(C)(=O)=O)ccc21. The molecular formula is C22H22N2O5S2. The molecule has 0 atom stereocenters. The van der Waals surface area contributed by atoms with E-state index in [1.165, 1.54) is 17.4 Å². The van der Waals surface area contributed by atoms with Gasteiger partial charge in [0.1, 0.15) is 0 Å². The lowest BCUT2D eigenvalue weighted by Gasteiger charge is -2.07. The number of carbonyl (C=O) groups is 1. The predicted octanol–water partition coefficient (Wildman–Crippen LogP) is 3.45. The summed E-state index contributed by atoms with van der Waals surface area (Å²) in [4.78, 5) is 17.4. The van der Waals surface area contributed by atoms with Gasteiger partial charge in [-0.25, -0.2) is 8.42 Å². The number of fused-ring (bicyclic) bond motifs is 1. The van der Waals surface area contributed by atoms with Gasteiger partial charge in [-0.15, -0.1) is 6.58 Å². The van der Waals surface area contributed by atoms with Gasteiger partial charge < -0.3 is 14.0 Å². The molecule has 0 spiro atoms. The average molecular weight is 459 g/mol. The molecule has 1 aromatic heterocycles. The van der Waals surface area contributed by atoms with Gasteiger partial charge in [-0.05, 0) is 42.0 Å². The highest BCUT2D eigenvalue weighted by molar-refractivity contribution is 7.90. The third-order valence-electron chi connectivity index (χ3n) is 4.43. The quantitative estimate of drug-likeness (QED) is 0.400. The van der Waals surface area contributed by atoms with Crippen LogP contribution in [-0.2, 0) is 21.2 Å². The first-order valence-electron chi connectivity index (χ1n) is 9.20. The standard InChI is InChI=1S/C22H22N2O5S2/c1-5-12-24-17-9-8-16(31(4,26)27)14-20(17)30-22(24)23-21(25)11-7-15-6-10-18(28-2)19(13-15)29-3/h5-11,13-14H,1,12H2,2-4H3. The molecule has 0 bridgehead atoms. The van der Waals surface area contributed by atoms with E-state index in [9.17, 15) is 13.2 Å². The van der Waals surface area contributed by atoms with Gasteiger partial charge in [-0.2, -0.15) is 4.99 Å². The van der Waals surface area contributed by atoms with Gasteiger partial charge in [0.2, 0.25) is 0 Å². The third-order valence-corrected chi connectivity index (χ3v) is 6.58. The highest BCUT2D eigenvalue weighted by atomic mass is 32.2. The number of hydrogen-bond donors (Lipinski definition) is 0. The second kappa shape index (κ2) is 9.32. The molecule has 0 aliphatic carbocycles. The summed E-state index contributed by atoms with van der Waals surface area (Å²) >= 11 is 1.25. The second-order valence-electron chi connectivity index (χ2n) is 6.58. The Labute approximate surface area is 184 Å². The van der Waals surface area contributed by atoms with E-state index in [-0.39, 0.29) is 4.90 Å². The van der Waals surface area contributed by atoms with Crippen molar-refractivity contribution in [2.75, 3.05) is 20.5 Å². The molecule has 0 saturated carbocycles.